The molecule has 0 saturated carbocycles. The van der Waals surface area contributed by atoms with Crippen molar-refractivity contribution in [2.75, 3.05) is 0 Å². The van der Waals surface area contributed by atoms with Crippen LogP contribution in [0.3, 0.4) is 0 Å². The van der Waals surface area contributed by atoms with Crippen molar-refractivity contribution in [1.82, 2.24) is 20.0 Å². The van der Waals surface area contributed by atoms with Gasteiger partial charge in [0, 0.05) is 12.6 Å². The van der Waals surface area contributed by atoms with Gasteiger partial charge in [0.2, 0.25) is 0 Å². The highest BCUT2D eigenvalue weighted by atomic mass is 19.4. The van der Waals surface area contributed by atoms with E-state index in [-0.39, 0.29) is 5.56 Å². The Morgan fingerprint density at radius 3 is 2.26 bits per heavy atom. The maximum absolute atomic E-state index is 13.1. The van der Waals surface area contributed by atoms with Crippen LogP contribution in [-0.2, 0) is 24.6 Å². The van der Waals surface area contributed by atoms with Crippen LogP contribution in [0, 0.1) is 5.41 Å². The summed E-state index contributed by atoms with van der Waals surface area (Å²) < 4.78 is 40.0. The number of carbonyl (C=O) groups excluding carboxylic acids is 2. The SMILES string of the molecule is Cn1ncc(CN2C(=O)N[C@](C)(C(C)(C)C)C2=O)c1C(F)(F)F. The second-order valence-corrected chi connectivity index (χ2v) is 6.84. The summed E-state index contributed by atoms with van der Waals surface area (Å²) in [7, 11) is 1.16. The normalized spacial score (nSPS) is 22.7. The maximum atomic E-state index is 13.1. The summed E-state index contributed by atoms with van der Waals surface area (Å²) in [5.74, 6) is -0.549. The quantitative estimate of drug-likeness (QED) is 0.845. The van der Waals surface area contributed by atoms with E-state index in [2.05, 4.69) is 10.4 Å². The van der Waals surface area contributed by atoms with Crippen molar-refractivity contribution < 1.29 is 22.8 Å². The first-order valence-corrected chi connectivity index (χ1v) is 7.01. The first kappa shape index (κ1) is 17.3. The molecule has 3 amide bonds. The molecule has 1 aliphatic rings. The molecule has 1 N–H and O–H groups in total. The van der Waals surface area contributed by atoms with Crippen molar-refractivity contribution in [2.45, 2.75) is 46.0 Å². The van der Waals surface area contributed by atoms with E-state index in [1.807, 2.05) is 0 Å². The molecule has 0 unspecified atom stereocenters. The van der Waals surface area contributed by atoms with E-state index >= 15 is 0 Å². The van der Waals surface area contributed by atoms with Crippen molar-refractivity contribution >= 4 is 11.9 Å². The fourth-order valence-electron chi connectivity index (χ4n) is 2.48. The minimum atomic E-state index is -4.62. The van der Waals surface area contributed by atoms with E-state index in [1.165, 1.54) is 0 Å². The molecule has 1 aromatic heterocycles. The summed E-state index contributed by atoms with van der Waals surface area (Å²) in [5, 5.41) is 6.17. The molecule has 128 valence electrons. The molecule has 2 heterocycles. The van der Waals surface area contributed by atoms with E-state index in [4.69, 9.17) is 0 Å². The van der Waals surface area contributed by atoms with E-state index in [9.17, 15) is 22.8 Å². The first-order valence-electron chi connectivity index (χ1n) is 7.01. The van der Waals surface area contributed by atoms with Gasteiger partial charge in [-0.2, -0.15) is 18.3 Å². The molecule has 0 aromatic carbocycles. The number of amides is 3. The molecule has 0 radical (unpaired) electrons. The molecule has 1 saturated heterocycles. The van der Waals surface area contributed by atoms with Gasteiger partial charge < -0.3 is 5.32 Å². The van der Waals surface area contributed by atoms with E-state index in [0.29, 0.717) is 4.68 Å². The van der Waals surface area contributed by atoms with Gasteiger partial charge in [0.1, 0.15) is 11.2 Å². The second-order valence-electron chi connectivity index (χ2n) is 6.84. The third kappa shape index (κ3) is 2.68. The molecule has 1 fully saturated rings. The summed E-state index contributed by atoms with van der Waals surface area (Å²) in [6.07, 6.45) is -3.59. The Balaban J connectivity index is 2.36. The van der Waals surface area contributed by atoms with Crippen LogP contribution in [0.2, 0.25) is 0 Å². The number of hydrogen-bond donors (Lipinski definition) is 1. The zero-order chi connectivity index (χ0) is 17.8. The number of carbonyl (C=O) groups is 2. The van der Waals surface area contributed by atoms with Crippen LogP contribution in [0.1, 0.15) is 39.0 Å². The van der Waals surface area contributed by atoms with Gasteiger partial charge in [0.05, 0.1) is 12.7 Å². The lowest BCUT2D eigenvalue weighted by Gasteiger charge is -2.35. The van der Waals surface area contributed by atoms with E-state index in [0.717, 1.165) is 18.1 Å². The summed E-state index contributed by atoms with van der Waals surface area (Å²) >= 11 is 0. The average Bonchev–Trinajstić information content (AvgIpc) is 2.83. The molecule has 2 rings (SSSR count). The molecule has 1 aromatic rings. The summed E-state index contributed by atoms with van der Waals surface area (Å²) in [4.78, 5) is 25.5. The summed E-state index contributed by atoms with van der Waals surface area (Å²) in [5.41, 5.74) is -2.95. The molecular weight excluding hydrogens is 313 g/mol. The standard InChI is InChI=1S/C14H19F3N4O2/c1-12(2,3)13(4)10(22)21(11(23)19-13)7-8-6-18-20(5)9(8)14(15,16)17/h6H,7H2,1-5H3,(H,19,23)/t13-/m0/s1. The zero-order valence-electron chi connectivity index (χ0n) is 13.6. The number of urea groups is 1. The largest absolute Gasteiger partial charge is 0.433 e. The molecule has 1 aliphatic heterocycles. The number of rotatable bonds is 2. The van der Waals surface area contributed by atoms with Gasteiger partial charge in [-0.25, -0.2) is 4.79 Å². The zero-order valence-corrected chi connectivity index (χ0v) is 13.6. The molecule has 23 heavy (non-hydrogen) atoms. The third-order valence-corrected chi connectivity index (χ3v) is 4.39. The van der Waals surface area contributed by atoms with Crippen LogP contribution in [0.25, 0.3) is 0 Å². The number of alkyl halides is 3. The van der Waals surface area contributed by atoms with Crippen molar-refractivity contribution in [3.63, 3.8) is 0 Å². The lowest BCUT2D eigenvalue weighted by atomic mass is 9.75. The monoisotopic (exact) mass is 332 g/mol. The fourth-order valence-corrected chi connectivity index (χ4v) is 2.48. The maximum Gasteiger partial charge on any atom is 0.433 e. The Bertz CT molecular complexity index is 660. The van der Waals surface area contributed by atoms with Gasteiger partial charge in [-0.3, -0.25) is 14.4 Å². The van der Waals surface area contributed by atoms with Crippen LogP contribution in [0.5, 0.6) is 0 Å². The number of imide groups is 1. The van der Waals surface area contributed by atoms with Gasteiger partial charge in [-0.1, -0.05) is 20.8 Å². The predicted molar refractivity (Wildman–Crippen MR) is 75.2 cm³/mol. The lowest BCUT2D eigenvalue weighted by Crippen LogP contribution is -2.54. The van der Waals surface area contributed by atoms with Crippen LogP contribution in [0.15, 0.2) is 6.20 Å². The highest BCUT2D eigenvalue weighted by Crippen LogP contribution is 2.37. The van der Waals surface area contributed by atoms with E-state index < -0.39 is 41.3 Å². The van der Waals surface area contributed by atoms with Gasteiger partial charge in [0.15, 0.2) is 0 Å². The molecular formula is C14H19F3N4O2. The second kappa shape index (κ2) is 4.97. The van der Waals surface area contributed by atoms with Gasteiger partial charge in [-0.15, -0.1) is 0 Å². The number of aromatic nitrogens is 2. The Morgan fingerprint density at radius 2 is 1.83 bits per heavy atom. The van der Waals surface area contributed by atoms with Crippen molar-refractivity contribution in [2.24, 2.45) is 12.5 Å². The Hall–Kier alpha value is -2.06. The van der Waals surface area contributed by atoms with Crippen LogP contribution >= 0.6 is 0 Å². The summed E-state index contributed by atoms with van der Waals surface area (Å²) in [6.45, 7) is 6.43. The molecule has 0 bridgehead atoms. The molecule has 0 aliphatic carbocycles. The lowest BCUT2D eigenvalue weighted by molar-refractivity contribution is -0.145. The Labute approximate surface area is 131 Å². The predicted octanol–water partition coefficient (Wildman–Crippen LogP) is 2.30. The van der Waals surface area contributed by atoms with Crippen molar-refractivity contribution in [3.8, 4) is 0 Å². The average molecular weight is 332 g/mol. The molecule has 6 nitrogen and oxygen atoms in total. The minimum absolute atomic E-state index is 0.221. The van der Waals surface area contributed by atoms with Gasteiger partial charge in [0.25, 0.3) is 5.91 Å². The number of nitrogens with one attached hydrogen (secondary N) is 1. The number of hydrogen-bond acceptors (Lipinski definition) is 3. The molecule has 9 heteroatoms. The Morgan fingerprint density at radius 1 is 1.26 bits per heavy atom. The number of nitrogens with zero attached hydrogens (tertiary/aromatic N) is 3. The Kier molecular flexibility index (Phi) is 3.74. The topological polar surface area (TPSA) is 67.2 Å². The van der Waals surface area contributed by atoms with Gasteiger partial charge in [-0.05, 0) is 12.3 Å². The van der Waals surface area contributed by atoms with Crippen molar-refractivity contribution in [1.29, 1.82) is 0 Å². The van der Waals surface area contributed by atoms with Crippen molar-refractivity contribution in [3.05, 3.63) is 17.5 Å². The third-order valence-electron chi connectivity index (χ3n) is 4.39. The van der Waals surface area contributed by atoms with Gasteiger partial charge >= 0.3 is 12.2 Å². The molecule has 1 atom stereocenters. The fraction of sp³-hybridized carbons (Fsp3) is 0.643. The van der Waals surface area contributed by atoms with Crippen LogP contribution < -0.4 is 5.32 Å². The van der Waals surface area contributed by atoms with E-state index in [1.54, 1.807) is 27.7 Å². The first-order chi connectivity index (χ1) is 10.3. The minimum Gasteiger partial charge on any atom is -0.323 e. The van der Waals surface area contributed by atoms with Crippen LogP contribution in [0.4, 0.5) is 18.0 Å². The number of aryl methyl sites for hydroxylation is 1. The summed E-state index contributed by atoms with van der Waals surface area (Å²) in [6, 6.07) is -0.704. The highest BCUT2D eigenvalue weighted by Gasteiger charge is 2.54. The highest BCUT2D eigenvalue weighted by molar-refractivity contribution is 6.07. The van der Waals surface area contributed by atoms with Crippen LogP contribution in [-0.4, -0.2) is 32.2 Å². The number of halogens is 3. The molecule has 0 spiro atoms. The smallest absolute Gasteiger partial charge is 0.323 e.